The molecule has 14 heavy (non-hydrogen) atoms. The third-order valence-electron chi connectivity index (χ3n) is 1.77. The van der Waals surface area contributed by atoms with E-state index < -0.39 is 0 Å². The fourth-order valence-corrected chi connectivity index (χ4v) is 1.67. The fraction of sp³-hybridized carbons (Fsp3) is 0.300. The molecule has 0 fully saturated rings. The lowest BCUT2D eigenvalue weighted by molar-refractivity contribution is -0.140. The summed E-state index contributed by atoms with van der Waals surface area (Å²) in [5, 5.41) is 1.16. The molecular formula is C10H10Cl2O2. The Bertz CT molecular complexity index is 317. The normalized spacial score (nSPS) is 9.93. The Morgan fingerprint density at radius 3 is 2.36 bits per heavy atom. The van der Waals surface area contributed by atoms with E-state index in [4.69, 9.17) is 23.2 Å². The van der Waals surface area contributed by atoms with Crippen LogP contribution in [0.25, 0.3) is 0 Å². The first-order valence-corrected chi connectivity index (χ1v) is 4.89. The smallest absolute Gasteiger partial charge is 0.305 e. The van der Waals surface area contributed by atoms with Gasteiger partial charge in [-0.1, -0.05) is 23.2 Å². The zero-order chi connectivity index (χ0) is 10.6. The van der Waals surface area contributed by atoms with Crippen molar-refractivity contribution < 1.29 is 9.53 Å². The summed E-state index contributed by atoms with van der Waals surface area (Å²) in [5.41, 5.74) is 0.938. The van der Waals surface area contributed by atoms with Crippen LogP contribution in [0.3, 0.4) is 0 Å². The molecular weight excluding hydrogens is 223 g/mol. The molecule has 0 saturated heterocycles. The van der Waals surface area contributed by atoms with Crippen molar-refractivity contribution in [2.24, 2.45) is 0 Å². The molecule has 1 rings (SSSR count). The molecule has 0 radical (unpaired) electrons. The Hall–Kier alpha value is -0.730. The van der Waals surface area contributed by atoms with Crippen LogP contribution in [0.1, 0.15) is 12.0 Å². The summed E-state index contributed by atoms with van der Waals surface area (Å²) in [4.78, 5) is 10.9. The van der Waals surface area contributed by atoms with E-state index in [0.717, 1.165) is 5.56 Å². The predicted molar refractivity (Wildman–Crippen MR) is 56.8 cm³/mol. The number of hydrogen-bond acceptors (Lipinski definition) is 2. The maximum Gasteiger partial charge on any atom is 0.305 e. The minimum Gasteiger partial charge on any atom is -0.469 e. The fourth-order valence-electron chi connectivity index (χ4n) is 1.10. The molecule has 4 heteroatoms. The predicted octanol–water partition coefficient (Wildman–Crippen LogP) is 3.10. The van der Waals surface area contributed by atoms with E-state index in [2.05, 4.69) is 4.74 Å². The van der Waals surface area contributed by atoms with E-state index in [-0.39, 0.29) is 5.97 Å². The van der Waals surface area contributed by atoms with Crippen LogP contribution in [0.4, 0.5) is 0 Å². The first kappa shape index (κ1) is 11.3. The molecule has 0 bridgehead atoms. The summed E-state index contributed by atoms with van der Waals surface area (Å²) in [6, 6.07) is 5.23. The molecule has 0 amide bonds. The SMILES string of the molecule is COC(=O)CCc1cc(Cl)cc(Cl)c1. The average molecular weight is 233 g/mol. The lowest BCUT2D eigenvalue weighted by atomic mass is 10.1. The molecule has 1 aromatic rings. The average Bonchev–Trinajstić information content (AvgIpc) is 2.12. The van der Waals surface area contributed by atoms with Crippen molar-refractivity contribution in [1.82, 2.24) is 0 Å². The summed E-state index contributed by atoms with van der Waals surface area (Å²) in [7, 11) is 1.37. The molecule has 2 nitrogen and oxygen atoms in total. The Morgan fingerprint density at radius 2 is 1.86 bits per heavy atom. The zero-order valence-electron chi connectivity index (χ0n) is 7.72. The second-order valence-electron chi connectivity index (χ2n) is 2.85. The lowest BCUT2D eigenvalue weighted by Gasteiger charge is -2.02. The van der Waals surface area contributed by atoms with Crippen LogP contribution in [0.2, 0.25) is 10.0 Å². The summed E-state index contributed by atoms with van der Waals surface area (Å²) in [5.74, 6) is -0.235. The maximum atomic E-state index is 10.9. The van der Waals surface area contributed by atoms with Crippen LogP contribution in [0, 0.1) is 0 Å². The van der Waals surface area contributed by atoms with Gasteiger partial charge < -0.3 is 4.74 Å². The Morgan fingerprint density at radius 1 is 1.29 bits per heavy atom. The molecule has 0 aliphatic heterocycles. The van der Waals surface area contributed by atoms with Gasteiger partial charge in [0.2, 0.25) is 0 Å². The third kappa shape index (κ3) is 3.56. The molecule has 76 valence electrons. The van der Waals surface area contributed by atoms with Gasteiger partial charge in [0, 0.05) is 16.5 Å². The van der Waals surface area contributed by atoms with Gasteiger partial charge in [0.15, 0.2) is 0 Å². The van der Waals surface area contributed by atoms with Crippen molar-refractivity contribution in [2.45, 2.75) is 12.8 Å². The van der Waals surface area contributed by atoms with Gasteiger partial charge in [0.1, 0.15) is 0 Å². The molecule has 0 aliphatic rings. The summed E-state index contributed by atoms with van der Waals surface area (Å²) < 4.78 is 4.53. The van der Waals surface area contributed by atoms with E-state index >= 15 is 0 Å². The number of carbonyl (C=O) groups excluding carboxylic acids is 1. The van der Waals surface area contributed by atoms with Crippen molar-refractivity contribution >= 4 is 29.2 Å². The van der Waals surface area contributed by atoms with Gasteiger partial charge in [-0.3, -0.25) is 4.79 Å². The van der Waals surface area contributed by atoms with E-state index in [1.807, 2.05) is 0 Å². The van der Waals surface area contributed by atoms with E-state index in [1.165, 1.54) is 7.11 Å². The molecule has 0 aromatic heterocycles. The minimum absolute atomic E-state index is 0.235. The van der Waals surface area contributed by atoms with Gasteiger partial charge in [0.05, 0.1) is 7.11 Å². The van der Waals surface area contributed by atoms with Crippen LogP contribution in [-0.4, -0.2) is 13.1 Å². The van der Waals surface area contributed by atoms with Crippen molar-refractivity contribution in [3.8, 4) is 0 Å². The zero-order valence-corrected chi connectivity index (χ0v) is 9.23. The van der Waals surface area contributed by atoms with Crippen LogP contribution in [-0.2, 0) is 16.0 Å². The highest BCUT2D eigenvalue weighted by molar-refractivity contribution is 6.34. The van der Waals surface area contributed by atoms with Gasteiger partial charge in [-0.15, -0.1) is 0 Å². The Balaban J connectivity index is 2.63. The summed E-state index contributed by atoms with van der Waals surface area (Å²) in [6.45, 7) is 0. The monoisotopic (exact) mass is 232 g/mol. The lowest BCUT2D eigenvalue weighted by Crippen LogP contribution is -2.01. The van der Waals surface area contributed by atoms with Gasteiger partial charge in [-0.25, -0.2) is 0 Å². The first-order chi connectivity index (χ1) is 6.61. The van der Waals surface area contributed by atoms with Crippen LogP contribution < -0.4 is 0 Å². The highest BCUT2D eigenvalue weighted by Gasteiger charge is 2.03. The van der Waals surface area contributed by atoms with Crippen molar-refractivity contribution in [3.63, 3.8) is 0 Å². The molecule has 0 atom stereocenters. The molecule has 1 aromatic carbocycles. The third-order valence-corrected chi connectivity index (χ3v) is 2.20. The van der Waals surface area contributed by atoms with Crippen molar-refractivity contribution in [3.05, 3.63) is 33.8 Å². The standard InChI is InChI=1S/C10H10Cl2O2/c1-14-10(13)3-2-7-4-8(11)6-9(12)5-7/h4-6H,2-3H2,1H3. The number of hydrogen-bond donors (Lipinski definition) is 0. The molecule has 0 saturated carbocycles. The van der Waals surface area contributed by atoms with E-state index in [0.29, 0.717) is 22.9 Å². The number of ether oxygens (including phenoxy) is 1. The van der Waals surface area contributed by atoms with Crippen LogP contribution in [0.5, 0.6) is 0 Å². The Labute approximate surface area is 92.8 Å². The van der Waals surface area contributed by atoms with Crippen molar-refractivity contribution in [1.29, 1.82) is 0 Å². The summed E-state index contributed by atoms with van der Waals surface area (Å²) >= 11 is 11.6. The van der Waals surface area contributed by atoms with E-state index in [9.17, 15) is 4.79 Å². The van der Waals surface area contributed by atoms with Crippen molar-refractivity contribution in [2.75, 3.05) is 7.11 Å². The number of methoxy groups -OCH3 is 1. The number of esters is 1. The summed E-state index contributed by atoms with van der Waals surface area (Å²) in [6.07, 6.45) is 0.931. The molecule has 0 unspecified atom stereocenters. The second-order valence-corrected chi connectivity index (χ2v) is 3.73. The highest BCUT2D eigenvalue weighted by atomic mass is 35.5. The topological polar surface area (TPSA) is 26.3 Å². The van der Waals surface area contributed by atoms with Gasteiger partial charge in [-0.05, 0) is 30.2 Å². The number of halogens is 2. The quantitative estimate of drug-likeness (QED) is 0.750. The van der Waals surface area contributed by atoms with Crippen LogP contribution in [0.15, 0.2) is 18.2 Å². The first-order valence-electron chi connectivity index (χ1n) is 4.13. The molecule has 0 spiro atoms. The molecule has 0 heterocycles. The maximum absolute atomic E-state index is 10.9. The van der Waals surface area contributed by atoms with Gasteiger partial charge in [0.25, 0.3) is 0 Å². The Kier molecular flexibility index (Phi) is 4.23. The number of carbonyl (C=O) groups is 1. The van der Waals surface area contributed by atoms with E-state index in [1.54, 1.807) is 18.2 Å². The number of benzene rings is 1. The molecule has 0 N–H and O–H groups in total. The highest BCUT2D eigenvalue weighted by Crippen LogP contribution is 2.19. The van der Waals surface area contributed by atoms with Gasteiger partial charge in [-0.2, -0.15) is 0 Å². The number of aryl methyl sites for hydroxylation is 1. The minimum atomic E-state index is -0.235. The van der Waals surface area contributed by atoms with Crippen LogP contribution >= 0.6 is 23.2 Å². The second kappa shape index (κ2) is 5.23. The molecule has 0 aliphatic carbocycles. The number of rotatable bonds is 3. The van der Waals surface area contributed by atoms with Gasteiger partial charge >= 0.3 is 5.97 Å². The largest absolute Gasteiger partial charge is 0.469 e.